The lowest BCUT2D eigenvalue weighted by Gasteiger charge is -1.98. The average molecular weight is 342 g/mol. The van der Waals surface area contributed by atoms with Crippen LogP contribution in [0.2, 0.25) is 5.02 Å². The number of hydrogen-bond donors (Lipinski definition) is 1. The van der Waals surface area contributed by atoms with E-state index in [1.165, 1.54) is 23.1 Å². The highest BCUT2D eigenvalue weighted by Gasteiger charge is 2.09. The van der Waals surface area contributed by atoms with E-state index in [2.05, 4.69) is 15.3 Å². The Morgan fingerprint density at radius 2 is 2.35 bits per heavy atom. The molecule has 4 nitrogen and oxygen atoms in total. The van der Waals surface area contributed by atoms with E-state index in [0.717, 1.165) is 14.6 Å². The minimum Gasteiger partial charge on any atom is -0.301 e. The van der Waals surface area contributed by atoms with Gasteiger partial charge >= 0.3 is 0 Å². The SMILES string of the molecule is O=C(CSc1nc2cc(Cl)ccc2s1)Nc1nccs1. The molecule has 0 atom stereocenters. The van der Waals surface area contributed by atoms with Crippen molar-refractivity contribution < 1.29 is 4.79 Å². The maximum Gasteiger partial charge on any atom is 0.236 e. The van der Waals surface area contributed by atoms with Gasteiger partial charge in [0.05, 0.1) is 16.0 Å². The molecule has 1 aromatic carbocycles. The lowest BCUT2D eigenvalue weighted by Crippen LogP contribution is -2.13. The van der Waals surface area contributed by atoms with E-state index in [-0.39, 0.29) is 5.91 Å². The van der Waals surface area contributed by atoms with Crippen LogP contribution in [-0.4, -0.2) is 21.6 Å². The Morgan fingerprint density at radius 3 is 3.15 bits per heavy atom. The molecule has 20 heavy (non-hydrogen) atoms. The van der Waals surface area contributed by atoms with Gasteiger partial charge in [-0.25, -0.2) is 9.97 Å². The summed E-state index contributed by atoms with van der Waals surface area (Å²) in [5.41, 5.74) is 0.866. The summed E-state index contributed by atoms with van der Waals surface area (Å²) in [7, 11) is 0. The molecule has 0 aliphatic rings. The molecular formula is C12H8ClN3OS3. The van der Waals surface area contributed by atoms with Gasteiger partial charge in [-0.2, -0.15) is 0 Å². The number of halogens is 1. The van der Waals surface area contributed by atoms with Crippen LogP contribution in [0.15, 0.2) is 34.1 Å². The van der Waals surface area contributed by atoms with Crippen LogP contribution in [0.25, 0.3) is 10.2 Å². The minimum absolute atomic E-state index is 0.0813. The number of anilines is 1. The predicted octanol–water partition coefficient (Wildman–Crippen LogP) is 4.14. The van der Waals surface area contributed by atoms with Crippen LogP contribution in [0.1, 0.15) is 0 Å². The number of benzene rings is 1. The fraction of sp³-hybridized carbons (Fsp3) is 0.0833. The summed E-state index contributed by atoms with van der Waals surface area (Å²) in [6.45, 7) is 0. The first-order valence-electron chi connectivity index (χ1n) is 5.59. The number of thiazole rings is 2. The van der Waals surface area contributed by atoms with Crippen molar-refractivity contribution in [3.63, 3.8) is 0 Å². The second kappa shape index (κ2) is 6.09. The highest BCUT2D eigenvalue weighted by atomic mass is 35.5. The van der Waals surface area contributed by atoms with E-state index in [1.807, 2.05) is 23.6 Å². The molecule has 1 N–H and O–H groups in total. The molecule has 0 unspecified atom stereocenters. The molecule has 1 amide bonds. The third-order valence-electron chi connectivity index (χ3n) is 2.34. The molecule has 3 rings (SSSR count). The number of nitrogens with one attached hydrogen (secondary N) is 1. The topological polar surface area (TPSA) is 54.9 Å². The van der Waals surface area contributed by atoms with Crippen molar-refractivity contribution in [2.24, 2.45) is 0 Å². The minimum atomic E-state index is -0.0813. The third-order valence-corrected chi connectivity index (χ3v) is 5.44. The molecular weight excluding hydrogens is 334 g/mol. The number of hydrogen-bond acceptors (Lipinski definition) is 6. The van der Waals surface area contributed by atoms with Crippen LogP contribution in [0.4, 0.5) is 5.13 Å². The van der Waals surface area contributed by atoms with E-state index in [0.29, 0.717) is 15.9 Å². The Morgan fingerprint density at radius 1 is 1.45 bits per heavy atom. The van der Waals surface area contributed by atoms with Crippen LogP contribution >= 0.6 is 46.0 Å². The number of carbonyl (C=O) groups excluding carboxylic acids is 1. The molecule has 0 aliphatic heterocycles. The molecule has 2 heterocycles. The van der Waals surface area contributed by atoms with E-state index < -0.39 is 0 Å². The number of amides is 1. The highest BCUT2D eigenvalue weighted by Crippen LogP contribution is 2.31. The first-order chi connectivity index (χ1) is 9.70. The number of rotatable bonds is 4. The monoisotopic (exact) mass is 341 g/mol. The van der Waals surface area contributed by atoms with Crippen LogP contribution in [0.3, 0.4) is 0 Å². The van der Waals surface area contributed by atoms with Gasteiger partial charge in [-0.1, -0.05) is 23.4 Å². The summed E-state index contributed by atoms with van der Waals surface area (Å²) < 4.78 is 1.92. The Bertz CT molecular complexity index is 742. The van der Waals surface area contributed by atoms with Gasteiger partial charge in [0.25, 0.3) is 0 Å². The summed E-state index contributed by atoms with van der Waals surface area (Å²) in [6, 6.07) is 5.60. The average Bonchev–Trinajstić information content (AvgIpc) is 3.04. The molecule has 0 saturated carbocycles. The number of thioether (sulfide) groups is 1. The Labute approximate surface area is 132 Å². The molecule has 0 spiro atoms. The van der Waals surface area contributed by atoms with Crippen molar-refractivity contribution in [3.8, 4) is 0 Å². The Hall–Kier alpha value is -1.15. The van der Waals surface area contributed by atoms with Crippen molar-refractivity contribution in [2.45, 2.75) is 4.34 Å². The second-order valence-corrected chi connectivity index (χ2v) is 7.35. The lowest BCUT2D eigenvalue weighted by atomic mass is 10.3. The quantitative estimate of drug-likeness (QED) is 0.725. The number of carbonyl (C=O) groups is 1. The van der Waals surface area contributed by atoms with Crippen molar-refractivity contribution in [3.05, 3.63) is 34.8 Å². The summed E-state index contributed by atoms with van der Waals surface area (Å²) in [5.74, 6) is 0.231. The van der Waals surface area contributed by atoms with Gasteiger partial charge in [-0.05, 0) is 18.2 Å². The zero-order chi connectivity index (χ0) is 13.9. The van der Waals surface area contributed by atoms with E-state index in [1.54, 1.807) is 17.5 Å². The van der Waals surface area contributed by atoms with Gasteiger partial charge in [0.1, 0.15) is 0 Å². The summed E-state index contributed by atoms with van der Waals surface area (Å²) in [6.07, 6.45) is 1.66. The summed E-state index contributed by atoms with van der Waals surface area (Å²) in [5, 5.41) is 5.84. The highest BCUT2D eigenvalue weighted by molar-refractivity contribution is 8.01. The molecule has 0 fully saturated rings. The number of fused-ring (bicyclic) bond motifs is 1. The molecule has 8 heteroatoms. The van der Waals surface area contributed by atoms with E-state index in [9.17, 15) is 4.79 Å². The summed E-state index contributed by atoms with van der Waals surface area (Å²) >= 11 is 10.3. The fourth-order valence-electron chi connectivity index (χ4n) is 1.51. The maximum absolute atomic E-state index is 11.7. The van der Waals surface area contributed by atoms with Crippen molar-refractivity contribution in [1.29, 1.82) is 0 Å². The zero-order valence-corrected chi connectivity index (χ0v) is 13.2. The fourth-order valence-corrected chi connectivity index (χ4v) is 4.07. The molecule has 0 saturated heterocycles. The molecule has 102 valence electrons. The van der Waals surface area contributed by atoms with Gasteiger partial charge in [0.2, 0.25) is 5.91 Å². The van der Waals surface area contributed by atoms with Gasteiger partial charge in [-0.3, -0.25) is 4.79 Å². The van der Waals surface area contributed by atoms with Gasteiger partial charge in [-0.15, -0.1) is 22.7 Å². The van der Waals surface area contributed by atoms with Crippen molar-refractivity contribution >= 4 is 67.3 Å². The normalized spacial score (nSPS) is 10.8. The van der Waals surface area contributed by atoms with Crippen LogP contribution in [0, 0.1) is 0 Å². The second-order valence-electron chi connectivity index (χ2n) is 3.77. The van der Waals surface area contributed by atoms with Crippen LogP contribution in [-0.2, 0) is 4.79 Å². The Balaban J connectivity index is 1.63. The zero-order valence-electron chi connectivity index (χ0n) is 10.00. The number of nitrogens with zero attached hydrogens (tertiary/aromatic N) is 2. The van der Waals surface area contributed by atoms with E-state index >= 15 is 0 Å². The van der Waals surface area contributed by atoms with E-state index in [4.69, 9.17) is 11.6 Å². The lowest BCUT2D eigenvalue weighted by molar-refractivity contribution is -0.113. The summed E-state index contributed by atoms with van der Waals surface area (Å²) in [4.78, 5) is 20.2. The van der Waals surface area contributed by atoms with Crippen molar-refractivity contribution in [2.75, 3.05) is 11.1 Å². The predicted molar refractivity (Wildman–Crippen MR) is 86.1 cm³/mol. The third kappa shape index (κ3) is 3.29. The van der Waals surface area contributed by atoms with Gasteiger partial charge in [0, 0.05) is 16.6 Å². The van der Waals surface area contributed by atoms with Gasteiger partial charge < -0.3 is 5.32 Å². The van der Waals surface area contributed by atoms with Gasteiger partial charge in [0.15, 0.2) is 9.47 Å². The molecule has 3 aromatic rings. The standard InChI is InChI=1S/C12H8ClN3OS3/c13-7-1-2-9-8(5-7)15-12(20-9)19-6-10(17)16-11-14-3-4-18-11/h1-5H,6H2,(H,14,16,17). The molecule has 0 radical (unpaired) electrons. The largest absolute Gasteiger partial charge is 0.301 e. The molecule has 0 aliphatic carbocycles. The first kappa shape index (κ1) is 13.8. The van der Waals surface area contributed by atoms with Crippen molar-refractivity contribution in [1.82, 2.24) is 9.97 Å². The first-order valence-corrected chi connectivity index (χ1v) is 8.65. The number of aromatic nitrogens is 2. The molecule has 0 bridgehead atoms. The molecule has 2 aromatic heterocycles. The maximum atomic E-state index is 11.7. The van der Waals surface area contributed by atoms with Crippen LogP contribution < -0.4 is 5.32 Å². The smallest absolute Gasteiger partial charge is 0.236 e. The Kier molecular flexibility index (Phi) is 4.21. The van der Waals surface area contributed by atoms with Crippen LogP contribution in [0.5, 0.6) is 0 Å².